The molecule has 2 saturated heterocycles. The number of hydrogen-bond donors (Lipinski definition) is 1. The van der Waals surface area contributed by atoms with Gasteiger partial charge in [-0.2, -0.15) is 0 Å². The summed E-state index contributed by atoms with van der Waals surface area (Å²) in [7, 11) is 1.69. The summed E-state index contributed by atoms with van der Waals surface area (Å²) in [4.78, 5) is 39.3. The van der Waals surface area contributed by atoms with E-state index in [1.54, 1.807) is 31.4 Å². The van der Waals surface area contributed by atoms with Gasteiger partial charge in [0.15, 0.2) is 0 Å². The van der Waals surface area contributed by atoms with E-state index in [1.807, 2.05) is 4.90 Å². The zero-order valence-corrected chi connectivity index (χ0v) is 15.1. The summed E-state index contributed by atoms with van der Waals surface area (Å²) in [5, 5.41) is 2.25. The number of anilines is 1. The molecule has 0 unspecified atom stereocenters. The van der Waals surface area contributed by atoms with Crippen LogP contribution in [0.25, 0.3) is 0 Å². The summed E-state index contributed by atoms with van der Waals surface area (Å²) in [5.41, 5.74) is 1.22. The highest BCUT2D eigenvalue weighted by Crippen LogP contribution is 2.24. The number of rotatable bonds is 6. The lowest BCUT2D eigenvalue weighted by atomic mass is 9.97. The lowest BCUT2D eigenvalue weighted by molar-refractivity contribution is -0.117. The molecule has 1 aromatic rings. The predicted octanol–water partition coefficient (Wildman–Crippen LogP) is 2.16. The second kappa shape index (κ2) is 8.31. The van der Waals surface area contributed by atoms with Gasteiger partial charge in [0, 0.05) is 37.6 Å². The number of imide groups is 1. The number of nitrogens with zero attached hydrogens (tertiary/aromatic N) is 2. The van der Waals surface area contributed by atoms with E-state index in [4.69, 9.17) is 4.74 Å². The van der Waals surface area contributed by atoms with E-state index >= 15 is 0 Å². The lowest BCUT2D eigenvalue weighted by Gasteiger charge is -2.36. The van der Waals surface area contributed by atoms with Crippen molar-refractivity contribution in [3.8, 4) is 0 Å². The van der Waals surface area contributed by atoms with Crippen molar-refractivity contribution in [2.24, 2.45) is 0 Å². The molecule has 0 bridgehead atoms. The first-order valence-corrected chi connectivity index (χ1v) is 9.11. The second-order valence-corrected chi connectivity index (χ2v) is 6.77. The molecule has 4 amide bonds. The fourth-order valence-electron chi connectivity index (χ4n) is 3.63. The molecule has 0 aliphatic carbocycles. The van der Waals surface area contributed by atoms with Crippen molar-refractivity contribution < 1.29 is 19.1 Å². The molecule has 3 rings (SSSR count). The van der Waals surface area contributed by atoms with Crippen molar-refractivity contribution in [2.75, 3.05) is 31.7 Å². The highest BCUT2D eigenvalue weighted by atomic mass is 16.5. The Morgan fingerprint density at radius 3 is 2.65 bits per heavy atom. The van der Waals surface area contributed by atoms with Gasteiger partial charge in [-0.15, -0.1) is 0 Å². The minimum absolute atomic E-state index is 0.0137. The normalized spacial score (nSPS) is 20.4. The maximum absolute atomic E-state index is 12.9. The first-order valence-electron chi connectivity index (χ1n) is 9.11. The molecule has 2 fully saturated rings. The fraction of sp³-hybridized carbons (Fsp3) is 0.526. The quantitative estimate of drug-likeness (QED) is 0.624. The predicted molar refractivity (Wildman–Crippen MR) is 97.1 cm³/mol. The van der Waals surface area contributed by atoms with Crippen LogP contribution in [0.5, 0.6) is 0 Å². The van der Waals surface area contributed by atoms with E-state index in [2.05, 4.69) is 5.32 Å². The summed E-state index contributed by atoms with van der Waals surface area (Å²) in [6.45, 7) is 1.50. The largest absolute Gasteiger partial charge is 0.385 e. The lowest BCUT2D eigenvalue weighted by Crippen LogP contribution is -2.43. The number of carbonyl (C=O) groups excluding carboxylic acids is 3. The Kier molecular flexibility index (Phi) is 5.88. The van der Waals surface area contributed by atoms with E-state index in [9.17, 15) is 14.4 Å². The molecule has 140 valence electrons. The van der Waals surface area contributed by atoms with Crippen LogP contribution < -0.4 is 10.2 Å². The van der Waals surface area contributed by atoms with Crippen LogP contribution >= 0.6 is 0 Å². The number of benzene rings is 1. The Hall–Kier alpha value is -2.41. The molecule has 2 heterocycles. The number of urea groups is 1. The molecule has 1 aromatic carbocycles. The Morgan fingerprint density at radius 2 is 2.00 bits per heavy atom. The molecule has 2 aliphatic rings. The van der Waals surface area contributed by atoms with Gasteiger partial charge in [-0.1, -0.05) is 0 Å². The Bertz CT molecular complexity index is 674. The third-order valence-corrected chi connectivity index (χ3v) is 4.99. The molecular formula is C19H25N3O4. The van der Waals surface area contributed by atoms with Crippen LogP contribution in [0.1, 0.15) is 42.5 Å². The van der Waals surface area contributed by atoms with Gasteiger partial charge in [-0.05, 0) is 56.4 Å². The summed E-state index contributed by atoms with van der Waals surface area (Å²) in [6, 6.07) is 6.73. The number of nitrogens with one attached hydrogen (secondary N) is 1. The van der Waals surface area contributed by atoms with Crippen molar-refractivity contribution in [3.05, 3.63) is 29.8 Å². The average molecular weight is 359 g/mol. The topological polar surface area (TPSA) is 79.0 Å². The van der Waals surface area contributed by atoms with Gasteiger partial charge < -0.3 is 9.64 Å². The molecular weight excluding hydrogens is 334 g/mol. The molecule has 0 aromatic heterocycles. The number of hydrogen-bond acceptors (Lipinski definition) is 4. The van der Waals surface area contributed by atoms with Crippen molar-refractivity contribution >= 4 is 23.5 Å². The van der Waals surface area contributed by atoms with E-state index in [-0.39, 0.29) is 24.4 Å². The minimum Gasteiger partial charge on any atom is -0.385 e. The van der Waals surface area contributed by atoms with Gasteiger partial charge in [0.1, 0.15) is 6.54 Å². The Balaban J connectivity index is 1.68. The van der Waals surface area contributed by atoms with E-state index in [0.717, 1.165) is 38.6 Å². The van der Waals surface area contributed by atoms with Crippen molar-refractivity contribution in [3.63, 3.8) is 0 Å². The van der Waals surface area contributed by atoms with Crippen LogP contribution in [-0.2, 0) is 9.53 Å². The van der Waals surface area contributed by atoms with Gasteiger partial charge in [0.05, 0.1) is 0 Å². The van der Waals surface area contributed by atoms with Crippen molar-refractivity contribution in [2.45, 2.75) is 38.1 Å². The first kappa shape index (κ1) is 18.4. The maximum Gasteiger partial charge on any atom is 0.329 e. The molecule has 0 radical (unpaired) electrons. The summed E-state index contributed by atoms with van der Waals surface area (Å²) >= 11 is 0. The van der Waals surface area contributed by atoms with Crippen LogP contribution in [-0.4, -0.2) is 55.6 Å². The fourth-order valence-corrected chi connectivity index (χ4v) is 3.63. The van der Waals surface area contributed by atoms with E-state index < -0.39 is 6.03 Å². The minimum atomic E-state index is -0.427. The molecule has 26 heavy (non-hydrogen) atoms. The molecule has 7 nitrogen and oxygen atoms in total. The van der Waals surface area contributed by atoms with Gasteiger partial charge in [-0.3, -0.25) is 19.8 Å². The summed E-state index contributed by atoms with van der Waals surface area (Å²) in [5.74, 6) is -0.289. The molecule has 0 saturated carbocycles. The Morgan fingerprint density at radius 1 is 1.23 bits per heavy atom. The third-order valence-electron chi connectivity index (χ3n) is 4.99. The highest BCUT2D eigenvalue weighted by Gasteiger charge is 2.29. The second-order valence-electron chi connectivity index (χ2n) is 6.77. The van der Waals surface area contributed by atoms with Gasteiger partial charge in [0.25, 0.3) is 5.91 Å². The van der Waals surface area contributed by atoms with Crippen molar-refractivity contribution in [1.82, 2.24) is 10.2 Å². The standard InChI is InChI=1S/C19H25N3O4/c1-26-12-4-6-15-5-2-3-11-21(15)18(24)14-7-9-16(10-8-14)22-13-17(23)20-19(22)25/h7-10,15H,2-6,11-13H2,1H3,(H,20,23,25)/t15-/m1/s1. The Labute approximate surface area is 153 Å². The van der Waals surface area contributed by atoms with Gasteiger partial charge in [-0.25, -0.2) is 4.79 Å². The first-order chi connectivity index (χ1) is 12.6. The third kappa shape index (κ3) is 4.04. The monoisotopic (exact) mass is 359 g/mol. The van der Waals surface area contributed by atoms with Crippen LogP contribution in [0.4, 0.5) is 10.5 Å². The molecule has 0 spiro atoms. The van der Waals surface area contributed by atoms with Crippen LogP contribution in [0.15, 0.2) is 24.3 Å². The number of methoxy groups -OCH3 is 1. The van der Waals surface area contributed by atoms with Gasteiger partial charge >= 0.3 is 6.03 Å². The molecule has 7 heteroatoms. The van der Waals surface area contributed by atoms with E-state index in [0.29, 0.717) is 17.9 Å². The summed E-state index contributed by atoms with van der Waals surface area (Å²) in [6.07, 6.45) is 5.11. The number of ether oxygens (including phenoxy) is 1. The number of carbonyl (C=O) groups is 3. The zero-order chi connectivity index (χ0) is 18.5. The molecule has 1 N–H and O–H groups in total. The number of likely N-dealkylation sites (tertiary alicyclic amines) is 1. The average Bonchev–Trinajstić information content (AvgIpc) is 3.00. The number of piperidine rings is 1. The number of amides is 4. The van der Waals surface area contributed by atoms with E-state index in [1.165, 1.54) is 4.90 Å². The van der Waals surface area contributed by atoms with Crippen LogP contribution in [0, 0.1) is 0 Å². The van der Waals surface area contributed by atoms with Crippen LogP contribution in [0.3, 0.4) is 0 Å². The zero-order valence-electron chi connectivity index (χ0n) is 15.1. The SMILES string of the molecule is COCCC[C@H]1CCCCN1C(=O)c1ccc(N2CC(=O)NC2=O)cc1. The summed E-state index contributed by atoms with van der Waals surface area (Å²) < 4.78 is 5.13. The highest BCUT2D eigenvalue weighted by molar-refractivity contribution is 6.12. The van der Waals surface area contributed by atoms with Crippen molar-refractivity contribution in [1.29, 1.82) is 0 Å². The maximum atomic E-state index is 12.9. The smallest absolute Gasteiger partial charge is 0.329 e. The van der Waals surface area contributed by atoms with Crippen LogP contribution in [0.2, 0.25) is 0 Å². The molecule has 2 aliphatic heterocycles. The van der Waals surface area contributed by atoms with Gasteiger partial charge in [0.2, 0.25) is 5.91 Å². The molecule has 1 atom stereocenters.